The molecule has 0 aromatic heterocycles. The molecule has 15 heavy (non-hydrogen) atoms. The molecule has 0 radical (unpaired) electrons. The average Bonchev–Trinajstić information content (AvgIpc) is 2.27. The van der Waals surface area contributed by atoms with Crippen molar-refractivity contribution in [3.63, 3.8) is 0 Å². The van der Waals surface area contributed by atoms with Crippen LogP contribution < -0.4 is 0 Å². The second kappa shape index (κ2) is 6.00. The summed E-state index contributed by atoms with van der Waals surface area (Å²) in [4.78, 5) is 9.43. The Bertz CT molecular complexity index is 231. The van der Waals surface area contributed by atoms with Crippen LogP contribution in [0.15, 0.2) is 0 Å². The van der Waals surface area contributed by atoms with E-state index in [1.54, 1.807) is 0 Å². The zero-order chi connectivity index (χ0) is 11.3. The number of hydrogen-bond donors (Lipinski definition) is 1. The molecular weight excluding hydrogens is 215 g/mol. The molecule has 90 valence electrons. The fraction of sp³-hybridized carbons (Fsp3) is 1.00. The molecule has 5 heteroatoms. The van der Waals surface area contributed by atoms with Crippen molar-refractivity contribution < 1.29 is 18.5 Å². The van der Waals surface area contributed by atoms with Gasteiger partial charge in [-0.2, -0.15) is 0 Å². The van der Waals surface area contributed by atoms with E-state index in [1.165, 1.54) is 0 Å². The van der Waals surface area contributed by atoms with Gasteiger partial charge >= 0.3 is 7.82 Å². The van der Waals surface area contributed by atoms with Crippen molar-refractivity contribution in [2.75, 3.05) is 6.61 Å². The van der Waals surface area contributed by atoms with Gasteiger partial charge in [-0.05, 0) is 18.8 Å². The molecule has 0 aromatic carbocycles. The summed E-state index contributed by atoms with van der Waals surface area (Å²) < 4.78 is 21.6. The predicted octanol–water partition coefficient (Wildman–Crippen LogP) is 3.11. The predicted molar refractivity (Wildman–Crippen MR) is 58.6 cm³/mol. The summed E-state index contributed by atoms with van der Waals surface area (Å²) in [6, 6.07) is 0. The van der Waals surface area contributed by atoms with Gasteiger partial charge in [-0.1, -0.05) is 33.1 Å². The maximum atomic E-state index is 11.5. The molecular formula is C10H21O4P. The molecule has 0 bridgehead atoms. The summed E-state index contributed by atoms with van der Waals surface area (Å²) in [6.45, 7) is 4.42. The Morgan fingerprint density at radius 3 is 2.87 bits per heavy atom. The highest BCUT2D eigenvalue weighted by Crippen LogP contribution is 2.47. The van der Waals surface area contributed by atoms with Crippen molar-refractivity contribution in [3.8, 4) is 0 Å². The van der Waals surface area contributed by atoms with E-state index >= 15 is 0 Å². The van der Waals surface area contributed by atoms with E-state index in [9.17, 15) is 9.46 Å². The maximum absolute atomic E-state index is 11.5. The van der Waals surface area contributed by atoms with Gasteiger partial charge in [0, 0.05) is 0 Å². The second-order valence-electron chi connectivity index (χ2n) is 4.18. The first kappa shape index (κ1) is 13.2. The molecule has 3 unspecified atom stereocenters. The van der Waals surface area contributed by atoms with Crippen LogP contribution in [0.4, 0.5) is 0 Å². The van der Waals surface area contributed by atoms with Crippen molar-refractivity contribution in [2.45, 2.75) is 52.1 Å². The minimum absolute atomic E-state index is 0.149. The van der Waals surface area contributed by atoms with E-state index < -0.39 is 7.82 Å². The first-order valence-electron chi connectivity index (χ1n) is 5.71. The molecule has 0 aliphatic carbocycles. The third-order valence-corrected chi connectivity index (χ3v) is 3.98. The molecule has 1 fully saturated rings. The third kappa shape index (κ3) is 4.64. The highest BCUT2D eigenvalue weighted by molar-refractivity contribution is 7.47. The van der Waals surface area contributed by atoms with E-state index in [0.717, 1.165) is 32.1 Å². The van der Waals surface area contributed by atoms with Crippen LogP contribution in [0.5, 0.6) is 0 Å². The summed E-state index contributed by atoms with van der Waals surface area (Å²) in [7, 11) is -3.81. The highest BCUT2D eigenvalue weighted by atomic mass is 31.2. The number of rotatable bonds is 2. The van der Waals surface area contributed by atoms with Gasteiger partial charge in [0.05, 0.1) is 12.7 Å². The Labute approximate surface area is 91.6 Å². The Kier molecular flexibility index (Phi) is 5.27. The molecule has 1 heterocycles. The lowest BCUT2D eigenvalue weighted by Gasteiger charge is -2.24. The van der Waals surface area contributed by atoms with Crippen molar-refractivity contribution in [3.05, 3.63) is 0 Å². The summed E-state index contributed by atoms with van der Waals surface area (Å²) in [5.41, 5.74) is 0. The SMILES string of the molecule is CCC(C)C1CCCCCOP(=O)(O)O1. The van der Waals surface area contributed by atoms with Gasteiger partial charge in [0.1, 0.15) is 0 Å². The van der Waals surface area contributed by atoms with Gasteiger partial charge in [-0.3, -0.25) is 9.05 Å². The van der Waals surface area contributed by atoms with E-state index in [-0.39, 0.29) is 6.10 Å². The summed E-state index contributed by atoms with van der Waals surface area (Å²) in [5, 5.41) is 0. The Morgan fingerprint density at radius 1 is 1.47 bits per heavy atom. The van der Waals surface area contributed by atoms with E-state index in [0.29, 0.717) is 12.5 Å². The quantitative estimate of drug-likeness (QED) is 0.748. The van der Waals surface area contributed by atoms with Crippen LogP contribution in [-0.4, -0.2) is 17.6 Å². The molecule has 1 aliphatic rings. The minimum atomic E-state index is -3.81. The molecule has 1 saturated heterocycles. The van der Waals surface area contributed by atoms with Gasteiger partial charge in [-0.15, -0.1) is 0 Å². The zero-order valence-corrected chi connectivity index (χ0v) is 10.4. The van der Waals surface area contributed by atoms with Crippen LogP contribution in [0.1, 0.15) is 46.0 Å². The molecule has 0 amide bonds. The minimum Gasteiger partial charge on any atom is -0.302 e. The molecule has 4 nitrogen and oxygen atoms in total. The third-order valence-electron chi connectivity index (χ3n) is 2.93. The normalized spacial score (nSPS) is 36.3. The lowest BCUT2D eigenvalue weighted by Crippen LogP contribution is -2.20. The van der Waals surface area contributed by atoms with Crippen LogP contribution in [-0.2, 0) is 13.6 Å². The summed E-state index contributed by atoms with van der Waals surface area (Å²) in [5.74, 6) is 0.298. The van der Waals surface area contributed by atoms with Crippen LogP contribution in [0.3, 0.4) is 0 Å². The standard InChI is InChI=1S/C10H21O4P/c1-3-9(2)10-7-5-4-6-8-13-15(11,12)14-10/h9-10H,3-8H2,1-2H3,(H,11,12). The summed E-state index contributed by atoms with van der Waals surface area (Å²) in [6.07, 6.45) is 4.56. The first-order valence-corrected chi connectivity index (χ1v) is 7.20. The van der Waals surface area contributed by atoms with Crippen LogP contribution in [0.25, 0.3) is 0 Å². The Morgan fingerprint density at radius 2 is 2.20 bits per heavy atom. The first-order chi connectivity index (χ1) is 7.05. The van der Waals surface area contributed by atoms with Gasteiger partial charge in [-0.25, -0.2) is 4.57 Å². The molecule has 0 spiro atoms. The molecule has 3 atom stereocenters. The van der Waals surface area contributed by atoms with E-state index in [2.05, 4.69) is 6.92 Å². The smallest absolute Gasteiger partial charge is 0.302 e. The van der Waals surface area contributed by atoms with Crippen molar-refractivity contribution >= 4 is 7.82 Å². The Hall–Kier alpha value is 0.110. The monoisotopic (exact) mass is 236 g/mol. The zero-order valence-electron chi connectivity index (χ0n) is 9.52. The van der Waals surface area contributed by atoms with Gasteiger partial charge in [0.25, 0.3) is 0 Å². The van der Waals surface area contributed by atoms with Gasteiger partial charge < -0.3 is 4.89 Å². The van der Waals surface area contributed by atoms with E-state index in [4.69, 9.17) is 9.05 Å². The number of hydrogen-bond acceptors (Lipinski definition) is 3. The fourth-order valence-electron chi connectivity index (χ4n) is 1.71. The number of phosphoric acid groups is 1. The van der Waals surface area contributed by atoms with Crippen LogP contribution in [0, 0.1) is 5.92 Å². The van der Waals surface area contributed by atoms with E-state index in [1.807, 2.05) is 6.92 Å². The average molecular weight is 236 g/mol. The Balaban J connectivity index is 2.62. The maximum Gasteiger partial charge on any atom is 0.472 e. The van der Waals surface area contributed by atoms with Crippen LogP contribution >= 0.6 is 7.82 Å². The molecule has 1 N–H and O–H groups in total. The fourth-order valence-corrected chi connectivity index (χ4v) is 2.79. The molecule has 0 saturated carbocycles. The second-order valence-corrected chi connectivity index (χ2v) is 5.59. The lowest BCUT2D eigenvalue weighted by molar-refractivity contribution is 0.0725. The largest absolute Gasteiger partial charge is 0.472 e. The van der Waals surface area contributed by atoms with Gasteiger partial charge in [0.2, 0.25) is 0 Å². The molecule has 1 aliphatic heterocycles. The molecule has 0 aromatic rings. The number of phosphoric ester groups is 1. The molecule has 1 rings (SSSR count). The van der Waals surface area contributed by atoms with Crippen molar-refractivity contribution in [1.82, 2.24) is 0 Å². The topological polar surface area (TPSA) is 55.8 Å². The lowest BCUT2D eigenvalue weighted by atomic mass is 9.97. The summed E-state index contributed by atoms with van der Waals surface area (Å²) >= 11 is 0. The van der Waals surface area contributed by atoms with Gasteiger partial charge in [0.15, 0.2) is 0 Å². The van der Waals surface area contributed by atoms with Crippen LogP contribution in [0.2, 0.25) is 0 Å². The van der Waals surface area contributed by atoms with Crippen molar-refractivity contribution in [2.24, 2.45) is 5.92 Å². The highest BCUT2D eigenvalue weighted by Gasteiger charge is 2.29. The van der Waals surface area contributed by atoms with Crippen molar-refractivity contribution in [1.29, 1.82) is 0 Å².